The van der Waals surface area contributed by atoms with Crippen molar-refractivity contribution in [3.63, 3.8) is 0 Å². The SMILES string of the molecule is CN(C)CCNc1nc(Nc2ccccc2OC(F)(F)F)cc(-c2cccnc2)n1. The number of hydrogen-bond acceptors (Lipinski definition) is 7. The van der Waals surface area contributed by atoms with E-state index in [-0.39, 0.29) is 11.4 Å². The molecule has 0 saturated heterocycles. The second-order valence-electron chi connectivity index (χ2n) is 6.60. The van der Waals surface area contributed by atoms with Crippen LogP contribution in [0.2, 0.25) is 0 Å². The van der Waals surface area contributed by atoms with Crippen molar-refractivity contribution < 1.29 is 17.9 Å². The Hall–Kier alpha value is -3.40. The van der Waals surface area contributed by atoms with Crippen molar-refractivity contribution in [2.24, 2.45) is 0 Å². The van der Waals surface area contributed by atoms with Crippen molar-refractivity contribution in [3.8, 4) is 17.0 Å². The van der Waals surface area contributed by atoms with Crippen molar-refractivity contribution >= 4 is 17.5 Å². The van der Waals surface area contributed by atoms with E-state index in [1.807, 2.05) is 25.1 Å². The largest absolute Gasteiger partial charge is 0.573 e. The number of hydrogen-bond donors (Lipinski definition) is 2. The summed E-state index contributed by atoms with van der Waals surface area (Å²) in [4.78, 5) is 15.0. The molecule has 0 aliphatic rings. The number of rotatable bonds is 8. The Morgan fingerprint density at radius 2 is 1.87 bits per heavy atom. The van der Waals surface area contributed by atoms with Crippen LogP contribution in [0.5, 0.6) is 5.75 Å². The number of anilines is 3. The fraction of sp³-hybridized carbons (Fsp3) is 0.250. The molecule has 0 atom stereocenters. The van der Waals surface area contributed by atoms with Crippen LogP contribution in [0.15, 0.2) is 54.9 Å². The molecule has 2 heterocycles. The molecular weight excluding hydrogens is 397 g/mol. The van der Waals surface area contributed by atoms with Crippen LogP contribution in [-0.2, 0) is 0 Å². The van der Waals surface area contributed by atoms with Gasteiger partial charge in [-0.25, -0.2) is 4.98 Å². The Bertz CT molecular complexity index is 966. The van der Waals surface area contributed by atoms with Crippen molar-refractivity contribution in [1.29, 1.82) is 0 Å². The molecule has 0 spiro atoms. The summed E-state index contributed by atoms with van der Waals surface area (Å²) in [6.45, 7) is 1.35. The number of nitrogens with one attached hydrogen (secondary N) is 2. The molecular formula is C20H21F3N6O. The second-order valence-corrected chi connectivity index (χ2v) is 6.60. The number of alkyl halides is 3. The molecule has 158 valence electrons. The lowest BCUT2D eigenvalue weighted by molar-refractivity contribution is -0.274. The smallest absolute Gasteiger partial charge is 0.404 e. The Balaban J connectivity index is 1.92. The number of halogens is 3. The zero-order valence-corrected chi connectivity index (χ0v) is 16.4. The van der Waals surface area contributed by atoms with E-state index in [2.05, 4.69) is 30.3 Å². The average Bonchev–Trinajstić information content (AvgIpc) is 2.69. The lowest BCUT2D eigenvalue weighted by Crippen LogP contribution is -2.21. The molecule has 3 rings (SSSR count). The van der Waals surface area contributed by atoms with Crippen LogP contribution in [0, 0.1) is 0 Å². The van der Waals surface area contributed by atoms with Gasteiger partial charge in [0.2, 0.25) is 5.95 Å². The van der Waals surface area contributed by atoms with E-state index in [9.17, 15) is 13.2 Å². The summed E-state index contributed by atoms with van der Waals surface area (Å²) in [5.41, 5.74) is 1.45. The van der Waals surface area contributed by atoms with Gasteiger partial charge in [0.25, 0.3) is 0 Å². The maximum absolute atomic E-state index is 12.7. The molecule has 0 fully saturated rings. The Labute approximate surface area is 171 Å². The first-order valence-electron chi connectivity index (χ1n) is 9.10. The fourth-order valence-electron chi connectivity index (χ4n) is 2.57. The Kier molecular flexibility index (Phi) is 6.68. The minimum Gasteiger partial charge on any atom is -0.404 e. The van der Waals surface area contributed by atoms with Crippen molar-refractivity contribution in [1.82, 2.24) is 19.9 Å². The molecule has 7 nitrogen and oxygen atoms in total. The van der Waals surface area contributed by atoms with E-state index in [4.69, 9.17) is 0 Å². The van der Waals surface area contributed by atoms with Crippen molar-refractivity contribution in [2.75, 3.05) is 37.8 Å². The van der Waals surface area contributed by atoms with Crippen LogP contribution in [0.3, 0.4) is 0 Å². The van der Waals surface area contributed by atoms with Gasteiger partial charge in [-0.05, 0) is 38.4 Å². The van der Waals surface area contributed by atoms with Gasteiger partial charge >= 0.3 is 6.36 Å². The molecule has 1 aromatic carbocycles. The highest BCUT2D eigenvalue weighted by molar-refractivity contribution is 5.69. The third kappa shape index (κ3) is 6.31. The number of benzene rings is 1. The van der Waals surface area contributed by atoms with E-state index in [0.29, 0.717) is 24.0 Å². The number of likely N-dealkylation sites (N-methyl/N-ethyl adjacent to an activating group) is 1. The first kappa shape index (κ1) is 21.3. The average molecular weight is 418 g/mol. The molecule has 0 aliphatic carbocycles. The third-order valence-corrected chi connectivity index (χ3v) is 3.90. The molecule has 0 bridgehead atoms. The summed E-state index contributed by atoms with van der Waals surface area (Å²) in [6, 6.07) is 11.0. The Morgan fingerprint density at radius 1 is 1.07 bits per heavy atom. The van der Waals surface area contributed by atoms with Gasteiger partial charge in [0.05, 0.1) is 11.4 Å². The standard InChI is InChI=1S/C20H21F3N6O/c1-29(2)11-10-25-19-27-16(14-6-5-9-24-13-14)12-18(28-19)26-15-7-3-4-8-17(15)30-20(21,22)23/h3-9,12-13H,10-11H2,1-2H3,(H2,25,26,27,28). The van der Waals surface area contributed by atoms with E-state index < -0.39 is 6.36 Å². The van der Waals surface area contributed by atoms with Crippen LogP contribution in [-0.4, -0.2) is 53.4 Å². The summed E-state index contributed by atoms with van der Waals surface area (Å²) in [7, 11) is 3.89. The highest BCUT2D eigenvalue weighted by Gasteiger charge is 2.32. The zero-order chi connectivity index (χ0) is 21.6. The van der Waals surface area contributed by atoms with Gasteiger partial charge in [0, 0.05) is 37.1 Å². The van der Waals surface area contributed by atoms with Crippen LogP contribution < -0.4 is 15.4 Å². The molecule has 0 amide bonds. The number of para-hydroxylation sites is 2. The zero-order valence-electron chi connectivity index (χ0n) is 16.4. The van der Waals surface area contributed by atoms with Gasteiger partial charge in [-0.15, -0.1) is 13.2 Å². The van der Waals surface area contributed by atoms with E-state index in [1.54, 1.807) is 30.6 Å². The molecule has 3 aromatic rings. The fourth-order valence-corrected chi connectivity index (χ4v) is 2.57. The van der Waals surface area contributed by atoms with Crippen molar-refractivity contribution in [3.05, 3.63) is 54.9 Å². The van der Waals surface area contributed by atoms with Crippen molar-refractivity contribution in [2.45, 2.75) is 6.36 Å². The minimum atomic E-state index is -4.80. The lowest BCUT2D eigenvalue weighted by atomic mass is 10.2. The number of aromatic nitrogens is 3. The maximum Gasteiger partial charge on any atom is 0.573 e. The second kappa shape index (κ2) is 9.40. The summed E-state index contributed by atoms with van der Waals surface area (Å²) in [6.07, 6.45) is -1.51. The Morgan fingerprint density at radius 3 is 2.57 bits per heavy atom. The molecule has 0 aliphatic heterocycles. The molecule has 0 unspecified atom stereocenters. The summed E-state index contributed by atoms with van der Waals surface area (Å²) >= 11 is 0. The molecule has 0 radical (unpaired) electrons. The molecule has 2 N–H and O–H groups in total. The van der Waals surface area contributed by atoms with Crippen LogP contribution in [0.4, 0.5) is 30.6 Å². The van der Waals surface area contributed by atoms with Gasteiger partial charge in [-0.3, -0.25) is 4.98 Å². The lowest BCUT2D eigenvalue weighted by Gasteiger charge is -2.16. The van der Waals surface area contributed by atoms with E-state index in [0.717, 1.165) is 12.1 Å². The first-order chi connectivity index (χ1) is 14.3. The summed E-state index contributed by atoms with van der Waals surface area (Å²) in [5, 5.41) is 6.03. The highest BCUT2D eigenvalue weighted by Crippen LogP contribution is 2.32. The van der Waals surface area contributed by atoms with Gasteiger partial charge in [-0.1, -0.05) is 12.1 Å². The number of ether oxygens (including phenoxy) is 1. The van der Waals surface area contributed by atoms with E-state index >= 15 is 0 Å². The third-order valence-electron chi connectivity index (χ3n) is 3.90. The maximum atomic E-state index is 12.7. The van der Waals surface area contributed by atoms with Crippen LogP contribution in [0.1, 0.15) is 0 Å². The summed E-state index contributed by atoms with van der Waals surface area (Å²) in [5.74, 6) is 0.304. The minimum absolute atomic E-state index is 0.130. The topological polar surface area (TPSA) is 75.2 Å². The van der Waals surface area contributed by atoms with Crippen LogP contribution >= 0.6 is 0 Å². The first-order valence-corrected chi connectivity index (χ1v) is 9.10. The van der Waals surface area contributed by atoms with Gasteiger partial charge < -0.3 is 20.3 Å². The van der Waals surface area contributed by atoms with Gasteiger partial charge in [0.15, 0.2) is 5.75 Å². The van der Waals surface area contributed by atoms with Gasteiger partial charge in [0.1, 0.15) is 5.82 Å². The molecule has 2 aromatic heterocycles. The number of nitrogens with zero attached hydrogens (tertiary/aromatic N) is 4. The van der Waals surface area contributed by atoms with Gasteiger partial charge in [-0.2, -0.15) is 4.98 Å². The monoisotopic (exact) mass is 418 g/mol. The predicted molar refractivity (Wildman–Crippen MR) is 109 cm³/mol. The van der Waals surface area contributed by atoms with E-state index in [1.165, 1.54) is 18.2 Å². The quantitative estimate of drug-likeness (QED) is 0.569. The predicted octanol–water partition coefficient (Wildman–Crippen LogP) is 4.15. The highest BCUT2D eigenvalue weighted by atomic mass is 19.4. The summed E-state index contributed by atoms with van der Waals surface area (Å²) < 4.78 is 42.3. The number of pyridine rings is 1. The molecule has 10 heteroatoms. The normalized spacial score (nSPS) is 11.4. The molecule has 30 heavy (non-hydrogen) atoms. The van der Waals surface area contributed by atoms with Crippen LogP contribution in [0.25, 0.3) is 11.3 Å². The molecule has 0 saturated carbocycles.